The molecule has 94 valence electrons. The van der Waals surface area contributed by atoms with E-state index in [1.165, 1.54) is 32.2 Å². The molecule has 0 amide bonds. The fourth-order valence-electron chi connectivity index (χ4n) is 1.01. The molecule has 15 heavy (non-hydrogen) atoms. The lowest BCUT2D eigenvalue weighted by molar-refractivity contribution is -0.870. The number of rotatable bonds is 5. The summed E-state index contributed by atoms with van der Waals surface area (Å²) in [6.07, 6.45) is 5.54. The third-order valence-electron chi connectivity index (χ3n) is 1.68. The van der Waals surface area contributed by atoms with Crippen LogP contribution in [0.1, 0.15) is 32.6 Å². The molecule has 0 bridgehead atoms. The van der Waals surface area contributed by atoms with Crippen molar-refractivity contribution >= 4 is 10.4 Å². The van der Waals surface area contributed by atoms with Gasteiger partial charge in [-0.1, -0.05) is 19.8 Å². The van der Waals surface area contributed by atoms with E-state index in [-0.39, 0.29) is 0 Å². The summed E-state index contributed by atoms with van der Waals surface area (Å²) in [6.45, 7) is 3.58. The molecular formula is C9H23NO4S. The first-order valence-corrected chi connectivity index (χ1v) is 6.41. The van der Waals surface area contributed by atoms with Crippen LogP contribution in [0.15, 0.2) is 0 Å². The molecule has 0 aliphatic heterocycles. The van der Waals surface area contributed by atoms with Crippen LogP contribution in [-0.4, -0.2) is 49.7 Å². The van der Waals surface area contributed by atoms with Gasteiger partial charge in [0.2, 0.25) is 10.4 Å². The lowest BCUT2D eigenvalue weighted by atomic mass is 10.2. The summed E-state index contributed by atoms with van der Waals surface area (Å²) in [6, 6.07) is 0. The maximum atomic E-state index is 8.63. The topological polar surface area (TPSA) is 77.4 Å². The molecule has 0 spiro atoms. The summed E-state index contributed by atoms with van der Waals surface area (Å²) in [5, 5.41) is 0. The molecule has 1 N–H and O–H groups in total. The SMILES string of the molecule is CCCCCC[N+](C)(C)C.O=S(=O)([O-])O. The van der Waals surface area contributed by atoms with E-state index in [9.17, 15) is 0 Å². The van der Waals surface area contributed by atoms with E-state index in [1.807, 2.05) is 0 Å². The van der Waals surface area contributed by atoms with E-state index in [0.717, 1.165) is 4.48 Å². The van der Waals surface area contributed by atoms with Gasteiger partial charge in [0, 0.05) is 0 Å². The molecule has 0 atom stereocenters. The molecule has 0 saturated carbocycles. The first kappa shape index (κ1) is 17.2. The molecule has 0 aromatic rings. The number of nitrogens with zero attached hydrogens (tertiary/aromatic N) is 1. The Bertz CT molecular complexity index is 223. The minimum Gasteiger partial charge on any atom is -0.726 e. The maximum Gasteiger partial charge on any atom is 0.215 e. The monoisotopic (exact) mass is 241 g/mol. The Hall–Kier alpha value is -0.170. The smallest absolute Gasteiger partial charge is 0.215 e. The highest BCUT2D eigenvalue weighted by atomic mass is 32.3. The Morgan fingerprint density at radius 1 is 1.13 bits per heavy atom. The summed E-state index contributed by atoms with van der Waals surface area (Å²) in [5.41, 5.74) is 0. The van der Waals surface area contributed by atoms with Crippen molar-refractivity contribution in [3.63, 3.8) is 0 Å². The van der Waals surface area contributed by atoms with Gasteiger partial charge < -0.3 is 9.04 Å². The first-order valence-electron chi connectivity index (χ1n) is 5.05. The van der Waals surface area contributed by atoms with Gasteiger partial charge in [0.05, 0.1) is 27.7 Å². The van der Waals surface area contributed by atoms with Crippen LogP contribution in [0.25, 0.3) is 0 Å². The second-order valence-electron chi connectivity index (χ2n) is 4.50. The van der Waals surface area contributed by atoms with Crippen LogP contribution in [0, 0.1) is 0 Å². The Labute approximate surface area is 93.3 Å². The van der Waals surface area contributed by atoms with E-state index in [4.69, 9.17) is 17.5 Å². The van der Waals surface area contributed by atoms with Crippen LogP contribution in [0.2, 0.25) is 0 Å². The summed E-state index contributed by atoms with van der Waals surface area (Å²) in [5.74, 6) is 0. The minimum absolute atomic E-state index is 1.11. The Kier molecular flexibility index (Phi) is 9.23. The number of unbranched alkanes of at least 4 members (excludes halogenated alkanes) is 3. The maximum absolute atomic E-state index is 8.63. The second-order valence-corrected chi connectivity index (χ2v) is 5.36. The van der Waals surface area contributed by atoms with E-state index >= 15 is 0 Å². The molecule has 0 aromatic carbocycles. The second kappa shape index (κ2) is 8.04. The lowest BCUT2D eigenvalue weighted by Crippen LogP contribution is -2.35. The lowest BCUT2D eigenvalue weighted by Gasteiger charge is -2.23. The molecule has 0 unspecified atom stereocenters. The van der Waals surface area contributed by atoms with Crippen molar-refractivity contribution in [2.24, 2.45) is 0 Å². The normalized spacial score (nSPS) is 11.9. The highest BCUT2D eigenvalue weighted by molar-refractivity contribution is 7.79. The van der Waals surface area contributed by atoms with Crippen LogP contribution >= 0.6 is 0 Å². The molecular weight excluding hydrogens is 218 g/mol. The molecule has 0 fully saturated rings. The number of hydrogen-bond acceptors (Lipinski definition) is 3. The van der Waals surface area contributed by atoms with Crippen molar-refractivity contribution in [3.8, 4) is 0 Å². The van der Waals surface area contributed by atoms with E-state index in [2.05, 4.69) is 28.1 Å². The van der Waals surface area contributed by atoms with Gasteiger partial charge in [0.1, 0.15) is 0 Å². The van der Waals surface area contributed by atoms with Gasteiger partial charge in [-0.3, -0.25) is 4.55 Å². The molecule has 0 saturated heterocycles. The standard InChI is InChI=1S/C9H22N.H2O4S/c1-5-6-7-8-9-10(2,3)4;1-5(2,3)4/h5-9H2,1-4H3;(H2,1,2,3,4)/q+1;/p-1. The zero-order chi connectivity index (χ0) is 12.5. The summed E-state index contributed by atoms with van der Waals surface area (Å²) < 4.78 is 33.9. The third kappa shape index (κ3) is 41.5. The van der Waals surface area contributed by atoms with E-state index in [0.29, 0.717) is 0 Å². The Balaban J connectivity index is 0. The fourth-order valence-corrected chi connectivity index (χ4v) is 1.01. The number of quaternary nitrogens is 1. The van der Waals surface area contributed by atoms with Gasteiger partial charge in [-0.25, -0.2) is 8.42 Å². The Morgan fingerprint density at radius 3 is 1.80 bits per heavy atom. The zero-order valence-electron chi connectivity index (χ0n) is 10.1. The molecule has 6 heteroatoms. The fraction of sp³-hybridized carbons (Fsp3) is 1.00. The summed E-state index contributed by atoms with van der Waals surface area (Å²) >= 11 is 0. The van der Waals surface area contributed by atoms with Gasteiger partial charge in [0.25, 0.3) is 0 Å². The van der Waals surface area contributed by atoms with Crippen molar-refractivity contribution in [3.05, 3.63) is 0 Å². The average Bonchev–Trinajstić information content (AvgIpc) is 1.93. The molecule has 5 nitrogen and oxygen atoms in total. The summed E-state index contributed by atoms with van der Waals surface area (Å²) in [4.78, 5) is 0. The van der Waals surface area contributed by atoms with Crippen LogP contribution in [0.4, 0.5) is 0 Å². The van der Waals surface area contributed by atoms with Gasteiger partial charge in [-0.15, -0.1) is 0 Å². The quantitative estimate of drug-likeness (QED) is 0.340. The van der Waals surface area contributed by atoms with Crippen LogP contribution in [-0.2, 0) is 10.4 Å². The molecule has 0 rings (SSSR count). The van der Waals surface area contributed by atoms with Crippen LogP contribution in [0.5, 0.6) is 0 Å². The third-order valence-corrected chi connectivity index (χ3v) is 1.68. The molecule has 0 aliphatic carbocycles. The Morgan fingerprint density at radius 2 is 1.53 bits per heavy atom. The molecule has 0 heterocycles. The summed E-state index contributed by atoms with van der Waals surface area (Å²) in [7, 11) is 1.85. The molecule has 0 aliphatic rings. The minimum atomic E-state index is -4.92. The van der Waals surface area contributed by atoms with Crippen molar-refractivity contribution < 1.29 is 22.0 Å². The zero-order valence-corrected chi connectivity index (χ0v) is 10.9. The molecule has 0 aromatic heterocycles. The number of hydrogen-bond donors (Lipinski definition) is 1. The van der Waals surface area contributed by atoms with Crippen molar-refractivity contribution in [1.29, 1.82) is 0 Å². The highest BCUT2D eigenvalue weighted by Gasteiger charge is 2.04. The van der Waals surface area contributed by atoms with Gasteiger partial charge in [-0.05, 0) is 12.8 Å². The predicted octanol–water partition coefficient (Wildman–Crippen LogP) is 1.28. The van der Waals surface area contributed by atoms with Crippen molar-refractivity contribution in [2.75, 3.05) is 27.7 Å². The largest absolute Gasteiger partial charge is 0.726 e. The van der Waals surface area contributed by atoms with Crippen LogP contribution < -0.4 is 0 Å². The van der Waals surface area contributed by atoms with Crippen molar-refractivity contribution in [2.45, 2.75) is 32.6 Å². The van der Waals surface area contributed by atoms with Crippen molar-refractivity contribution in [1.82, 2.24) is 0 Å². The van der Waals surface area contributed by atoms with Gasteiger partial charge in [-0.2, -0.15) is 0 Å². The van der Waals surface area contributed by atoms with Gasteiger partial charge in [0.15, 0.2) is 0 Å². The van der Waals surface area contributed by atoms with E-state index in [1.54, 1.807) is 0 Å². The van der Waals surface area contributed by atoms with Gasteiger partial charge >= 0.3 is 0 Å². The van der Waals surface area contributed by atoms with E-state index < -0.39 is 10.4 Å². The van der Waals surface area contributed by atoms with Crippen LogP contribution in [0.3, 0.4) is 0 Å². The average molecular weight is 241 g/mol. The highest BCUT2D eigenvalue weighted by Crippen LogP contribution is 2.01. The molecule has 0 radical (unpaired) electrons. The predicted molar refractivity (Wildman–Crippen MR) is 59.4 cm³/mol. The first-order chi connectivity index (χ1) is 6.56.